The van der Waals surface area contributed by atoms with Crippen molar-refractivity contribution >= 4 is 40.8 Å². The van der Waals surface area contributed by atoms with E-state index in [9.17, 15) is 14.7 Å². The van der Waals surface area contributed by atoms with E-state index in [1.165, 1.54) is 4.90 Å². The molecule has 0 radical (unpaired) electrons. The van der Waals surface area contributed by atoms with Crippen LogP contribution in [0.2, 0.25) is 5.02 Å². The molecule has 1 spiro atoms. The first kappa shape index (κ1) is 26.5. The summed E-state index contributed by atoms with van der Waals surface area (Å²) in [5.41, 5.74) is 9.04. The van der Waals surface area contributed by atoms with Gasteiger partial charge in [-0.3, -0.25) is 19.5 Å². The third-order valence-electron chi connectivity index (χ3n) is 8.74. The van der Waals surface area contributed by atoms with Gasteiger partial charge in [0.1, 0.15) is 23.7 Å². The number of aliphatic hydroxyl groups is 1. The van der Waals surface area contributed by atoms with E-state index in [0.29, 0.717) is 53.6 Å². The van der Waals surface area contributed by atoms with Crippen molar-refractivity contribution in [1.29, 1.82) is 0 Å². The van der Waals surface area contributed by atoms with Crippen LogP contribution in [0.4, 0.5) is 11.5 Å². The molecule has 2 aliphatic carbocycles. The van der Waals surface area contributed by atoms with Crippen LogP contribution in [-0.4, -0.2) is 50.8 Å². The number of carbonyl (C=O) groups excluding carboxylic acids is 2. The van der Waals surface area contributed by atoms with Crippen molar-refractivity contribution in [3.63, 3.8) is 0 Å². The van der Waals surface area contributed by atoms with Crippen LogP contribution in [0, 0.1) is 0 Å². The third kappa shape index (κ3) is 4.35. The molecule has 8 nitrogen and oxygen atoms in total. The number of hydrogen-bond donors (Lipinski definition) is 3. The van der Waals surface area contributed by atoms with Crippen LogP contribution in [0.15, 0.2) is 65.8 Å². The summed E-state index contributed by atoms with van der Waals surface area (Å²) in [6, 6.07) is 16.8. The minimum Gasteiger partial charge on any atom is -0.392 e. The molecule has 4 N–H and O–H groups in total. The number of hydrogen-bond acceptors (Lipinski definition) is 6. The molecule has 0 bridgehead atoms. The van der Waals surface area contributed by atoms with Crippen molar-refractivity contribution in [2.24, 2.45) is 4.99 Å². The molecule has 206 valence electrons. The van der Waals surface area contributed by atoms with Gasteiger partial charge in [0, 0.05) is 28.4 Å². The molecule has 1 aromatic heterocycles. The Morgan fingerprint density at radius 1 is 1.12 bits per heavy atom. The van der Waals surface area contributed by atoms with E-state index >= 15 is 0 Å². The molecule has 2 amide bonds. The van der Waals surface area contributed by atoms with E-state index in [4.69, 9.17) is 22.3 Å². The highest BCUT2D eigenvalue weighted by Crippen LogP contribution is 2.45. The number of amides is 2. The van der Waals surface area contributed by atoms with Crippen LogP contribution < -0.4 is 11.1 Å². The summed E-state index contributed by atoms with van der Waals surface area (Å²) < 4.78 is 0. The molecule has 9 heteroatoms. The summed E-state index contributed by atoms with van der Waals surface area (Å²) in [6.45, 7) is 1.62. The zero-order valence-corrected chi connectivity index (χ0v) is 23.1. The topological polar surface area (TPSA) is 121 Å². The average molecular weight is 558 g/mol. The predicted octanol–water partition coefficient (Wildman–Crippen LogP) is 4.27. The zero-order valence-electron chi connectivity index (χ0n) is 22.4. The Hall–Kier alpha value is -3.75. The highest BCUT2D eigenvalue weighted by Gasteiger charge is 2.50. The standard InChI is InChI=1S/C31H32ClN5O3/c1-19(38)30(24-8-6-14-34-27(24)33)16-20-10-11-22(15-21(20)17-30)35-26(39)18-37-28(23-7-2-3-9-25(23)32)36-31(29(37)40)12-4-5-13-31/h2-3,6-11,14-15,19,38H,4-5,12-13,16-18H2,1H3,(H2,33,34)(H,35,39)/t19-,30?/m0/s1. The summed E-state index contributed by atoms with van der Waals surface area (Å²) in [4.78, 5) is 37.5. The first-order chi connectivity index (χ1) is 19.2. The number of nitrogen functional groups attached to an aromatic ring is 1. The quantitative estimate of drug-likeness (QED) is 0.418. The molecule has 1 saturated carbocycles. The second-order valence-electron chi connectivity index (χ2n) is 11.2. The molecule has 2 heterocycles. The molecule has 1 unspecified atom stereocenters. The Morgan fingerprint density at radius 2 is 1.88 bits per heavy atom. The van der Waals surface area contributed by atoms with Crippen LogP contribution in [0.5, 0.6) is 0 Å². The number of aliphatic hydroxyl groups excluding tert-OH is 1. The fourth-order valence-electron chi connectivity index (χ4n) is 6.62. The van der Waals surface area contributed by atoms with Gasteiger partial charge >= 0.3 is 0 Å². The highest BCUT2D eigenvalue weighted by atomic mass is 35.5. The van der Waals surface area contributed by atoms with Crippen LogP contribution in [-0.2, 0) is 27.8 Å². The van der Waals surface area contributed by atoms with Crippen molar-refractivity contribution in [1.82, 2.24) is 9.88 Å². The minimum atomic E-state index is -0.805. The van der Waals surface area contributed by atoms with Gasteiger partial charge in [-0.05, 0) is 74.1 Å². The van der Waals surface area contributed by atoms with Crippen LogP contribution in [0.3, 0.4) is 0 Å². The predicted molar refractivity (Wildman–Crippen MR) is 155 cm³/mol. The lowest BCUT2D eigenvalue weighted by atomic mass is 9.74. The van der Waals surface area contributed by atoms with Crippen LogP contribution in [0.1, 0.15) is 54.9 Å². The van der Waals surface area contributed by atoms with Gasteiger partial charge in [0.2, 0.25) is 5.91 Å². The van der Waals surface area contributed by atoms with E-state index in [1.54, 1.807) is 19.2 Å². The molecular weight excluding hydrogens is 526 g/mol. The Kier molecular flexibility index (Phi) is 6.63. The first-order valence-electron chi connectivity index (χ1n) is 13.7. The summed E-state index contributed by atoms with van der Waals surface area (Å²) in [6.07, 6.45) is 5.38. The maximum Gasteiger partial charge on any atom is 0.256 e. The molecule has 2 aromatic carbocycles. The van der Waals surface area contributed by atoms with E-state index < -0.39 is 17.1 Å². The third-order valence-corrected chi connectivity index (χ3v) is 9.07. The van der Waals surface area contributed by atoms with Gasteiger partial charge in [-0.25, -0.2) is 4.98 Å². The molecule has 0 saturated heterocycles. The van der Waals surface area contributed by atoms with Gasteiger partial charge in [-0.1, -0.05) is 48.7 Å². The van der Waals surface area contributed by atoms with E-state index in [-0.39, 0.29) is 18.4 Å². The van der Waals surface area contributed by atoms with Gasteiger partial charge in [0.05, 0.1) is 11.1 Å². The zero-order chi connectivity index (χ0) is 28.1. The monoisotopic (exact) mass is 557 g/mol. The highest BCUT2D eigenvalue weighted by molar-refractivity contribution is 6.35. The van der Waals surface area contributed by atoms with Crippen molar-refractivity contribution in [2.45, 2.75) is 62.5 Å². The molecule has 3 aromatic rings. The van der Waals surface area contributed by atoms with Gasteiger partial charge in [0.15, 0.2) is 0 Å². The van der Waals surface area contributed by atoms with Gasteiger partial charge < -0.3 is 16.2 Å². The van der Waals surface area contributed by atoms with E-state index in [2.05, 4.69) is 10.3 Å². The number of aromatic nitrogens is 1. The number of aliphatic imine (C=N–C) groups is 1. The van der Waals surface area contributed by atoms with Crippen LogP contribution >= 0.6 is 11.6 Å². The molecular formula is C31H32ClN5O3. The Morgan fingerprint density at radius 3 is 2.60 bits per heavy atom. The number of amidine groups is 1. The average Bonchev–Trinajstić information content (AvgIpc) is 3.63. The molecule has 2 atom stereocenters. The number of carbonyl (C=O) groups is 2. The van der Waals surface area contributed by atoms with E-state index in [1.807, 2.05) is 48.5 Å². The smallest absolute Gasteiger partial charge is 0.256 e. The van der Waals surface area contributed by atoms with Gasteiger partial charge in [-0.2, -0.15) is 0 Å². The normalized spacial score (nSPS) is 21.9. The molecule has 1 aliphatic heterocycles. The van der Waals surface area contributed by atoms with Crippen molar-refractivity contribution in [3.05, 3.63) is 88.1 Å². The number of nitrogens with two attached hydrogens (primary N) is 1. The van der Waals surface area contributed by atoms with Gasteiger partial charge in [-0.15, -0.1) is 0 Å². The number of rotatable bonds is 6. The Bertz CT molecular complexity index is 1530. The maximum atomic E-state index is 13.6. The maximum absolute atomic E-state index is 13.6. The van der Waals surface area contributed by atoms with Gasteiger partial charge in [0.25, 0.3) is 5.91 Å². The lowest BCUT2D eigenvalue weighted by molar-refractivity contribution is -0.133. The second kappa shape index (κ2) is 10.0. The molecule has 6 rings (SSSR count). The summed E-state index contributed by atoms with van der Waals surface area (Å²) >= 11 is 6.48. The summed E-state index contributed by atoms with van der Waals surface area (Å²) in [5, 5.41) is 14.3. The number of pyridine rings is 1. The fraction of sp³-hybridized carbons (Fsp3) is 0.355. The minimum absolute atomic E-state index is 0.139. The number of fused-ring (bicyclic) bond motifs is 1. The molecule has 40 heavy (non-hydrogen) atoms. The number of anilines is 2. The summed E-state index contributed by atoms with van der Waals surface area (Å²) in [7, 11) is 0. The second-order valence-corrected chi connectivity index (χ2v) is 11.6. The molecule has 1 fully saturated rings. The number of halogens is 1. The van der Waals surface area contributed by atoms with Crippen LogP contribution in [0.25, 0.3) is 0 Å². The Labute approximate surface area is 238 Å². The summed E-state index contributed by atoms with van der Waals surface area (Å²) in [5.74, 6) is 0.410. The number of nitrogens with zero attached hydrogens (tertiary/aromatic N) is 3. The molecule has 3 aliphatic rings. The largest absolute Gasteiger partial charge is 0.392 e. The number of benzene rings is 2. The lowest BCUT2D eigenvalue weighted by Crippen LogP contribution is -2.45. The van der Waals surface area contributed by atoms with Crippen molar-refractivity contribution in [3.8, 4) is 0 Å². The number of nitrogens with one attached hydrogen (secondary N) is 1. The van der Waals surface area contributed by atoms with E-state index in [0.717, 1.165) is 29.5 Å². The van der Waals surface area contributed by atoms with Crippen molar-refractivity contribution < 1.29 is 14.7 Å². The first-order valence-corrected chi connectivity index (χ1v) is 14.1. The fourth-order valence-corrected chi connectivity index (χ4v) is 6.84. The Balaban J connectivity index is 1.23. The SMILES string of the molecule is C[C@H](O)C1(c2cccnc2N)Cc2ccc(NC(=O)CN3C(=O)C4(CCCC4)N=C3c3ccccc3Cl)cc2C1. The van der Waals surface area contributed by atoms with Crippen molar-refractivity contribution in [2.75, 3.05) is 17.6 Å². The lowest BCUT2D eigenvalue weighted by Gasteiger charge is -2.33.